The molecule has 3 N–H and O–H groups in total. The van der Waals surface area contributed by atoms with Crippen LogP contribution in [-0.2, 0) is 0 Å². The summed E-state index contributed by atoms with van der Waals surface area (Å²) in [4.78, 5) is 13.5. The van der Waals surface area contributed by atoms with Crippen LogP contribution in [0.3, 0.4) is 0 Å². The van der Waals surface area contributed by atoms with Crippen LogP contribution < -0.4 is 5.32 Å². The second-order valence-electron chi connectivity index (χ2n) is 5.40. The molecule has 0 aliphatic rings. The van der Waals surface area contributed by atoms with Crippen molar-refractivity contribution in [2.24, 2.45) is 5.41 Å². The van der Waals surface area contributed by atoms with E-state index in [4.69, 9.17) is 11.6 Å². The van der Waals surface area contributed by atoms with E-state index in [1.54, 1.807) is 26.1 Å². The first-order valence-corrected chi connectivity index (χ1v) is 6.69. The summed E-state index contributed by atoms with van der Waals surface area (Å²) in [6.07, 6.45) is 0. The largest absolute Gasteiger partial charge is 0.396 e. The zero-order valence-electron chi connectivity index (χ0n) is 12.0. The van der Waals surface area contributed by atoms with Crippen molar-refractivity contribution in [3.8, 4) is 0 Å². The quantitative estimate of drug-likeness (QED) is 0.780. The summed E-state index contributed by atoms with van der Waals surface area (Å²) in [5, 5.41) is 21.7. The predicted octanol–water partition coefficient (Wildman–Crippen LogP) is 2.10. The van der Waals surface area contributed by atoms with Crippen molar-refractivity contribution in [2.75, 3.05) is 32.1 Å². The SMILES string of the molecule is Cc1ccc(NC(=O)N(C)CC(C)(CO)CO)c(Cl)c1. The van der Waals surface area contributed by atoms with Crippen molar-refractivity contribution < 1.29 is 15.0 Å². The molecule has 1 rings (SSSR count). The van der Waals surface area contributed by atoms with Crippen molar-refractivity contribution in [2.45, 2.75) is 13.8 Å². The minimum Gasteiger partial charge on any atom is -0.396 e. The number of halogens is 1. The Balaban J connectivity index is 2.71. The Kier molecular flexibility index (Phi) is 5.80. The second kappa shape index (κ2) is 6.92. The number of nitrogens with one attached hydrogen (secondary N) is 1. The first-order chi connectivity index (χ1) is 9.31. The Morgan fingerprint density at radius 1 is 1.40 bits per heavy atom. The van der Waals surface area contributed by atoms with Crippen LogP contribution in [0.4, 0.5) is 10.5 Å². The van der Waals surface area contributed by atoms with E-state index in [9.17, 15) is 15.0 Å². The summed E-state index contributed by atoms with van der Waals surface area (Å²) < 4.78 is 0. The normalized spacial score (nSPS) is 11.3. The number of aliphatic hydroxyl groups excluding tert-OH is 2. The number of urea groups is 1. The molecule has 6 heteroatoms. The van der Waals surface area contributed by atoms with Gasteiger partial charge in [-0.2, -0.15) is 0 Å². The molecule has 112 valence electrons. The maximum atomic E-state index is 12.1. The lowest BCUT2D eigenvalue weighted by Crippen LogP contribution is -2.43. The topological polar surface area (TPSA) is 72.8 Å². The van der Waals surface area contributed by atoms with Gasteiger partial charge in [0.15, 0.2) is 0 Å². The number of hydrogen-bond donors (Lipinski definition) is 3. The maximum absolute atomic E-state index is 12.1. The second-order valence-corrected chi connectivity index (χ2v) is 5.80. The number of hydrogen-bond acceptors (Lipinski definition) is 3. The molecule has 0 saturated heterocycles. The van der Waals surface area contributed by atoms with Crippen molar-refractivity contribution in [1.29, 1.82) is 0 Å². The highest BCUT2D eigenvalue weighted by Crippen LogP contribution is 2.23. The fraction of sp³-hybridized carbons (Fsp3) is 0.500. The van der Waals surface area contributed by atoms with Gasteiger partial charge in [-0.15, -0.1) is 0 Å². The molecular weight excluding hydrogens is 280 g/mol. The van der Waals surface area contributed by atoms with Crippen LogP contribution in [0.5, 0.6) is 0 Å². The van der Waals surface area contributed by atoms with Crippen LogP contribution in [0.1, 0.15) is 12.5 Å². The number of carbonyl (C=O) groups excluding carboxylic acids is 1. The highest BCUT2D eigenvalue weighted by atomic mass is 35.5. The molecule has 0 aliphatic carbocycles. The smallest absolute Gasteiger partial charge is 0.321 e. The van der Waals surface area contributed by atoms with Crippen LogP contribution in [-0.4, -0.2) is 48.0 Å². The van der Waals surface area contributed by atoms with Crippen LogP contribution in [0.25, 0.3) is 0 Å². The van der Waals surface area contributed by atoms with Gasteiger partial charge in [0.2, 0.25) is 0 Å². The first kappa shape index (κ1) is 16.8. The third kappa shape index (κ3) is 4.37. The molecule has 0 saturated carbocycles. The molecule has 0 atom stereocenters. The van der Waals surface area contributed by atoms with E-state index in [2.05, 4.69) is 5.32 Å². The summed E-state index contributed by atoms with van der Waals surface area (Å²) in [7, 11) is 1.60. The molecule has 0 radical (unpaired) electrons. The van der Waals surface area contributed by atoms with Crippen molar-refractivity contribution in [3.05, 3.63) is 28.8 Å². The summed E-state index contributed by atoms with van der Waals surface area (Å²) >= 11 is 6.05. The standard InChI is InChI=1S/C14H21ClN2O3/c1-10-4-5-12(11(15)6-10)16-13(20)17(3)7-14(2,8-18)9-19/h4-6,18-19H,7-9H2,1-3H3,(H,16,20). The molecule has 0 heterocycles. The third-order valence-electron chi connectivity index (χ3n) is 3.10. The Bertz CT molecular complexity index is 475. The summed E-state index contributed by atoms with van der Waals surface area (Å²) in [6.45, 7) is 3.45. The van der Waals surface area contributed by atoms with Crippen LogP contribution in [0, 0.1) is 12.3 Å². The number of amides is 2. The van der Waals surface area contributed by atoms with Gasteiger partial charge in [-0.3, -0.25) is 0 Å². The van der Waals surface area contributed by atoms with Gasteiger partial charge in [0, 0.05) is 19.0 Å². The van der Waals surface area contributed by atoms with Crippen molar-refractivity contribution >= 4 is 23.3 Å². The number of aliphatic hydroxyl groups is 2. The zero-order valence-corrected chi connectivity index (χ0v) is 12.7. The number of anilines is 1. The lowest BCUT2D eigenvalue weighted by atomic mass is 9.92. The number of rotatable bonds is 5. The van der Waals surface area contributed by atoms with Gasteiger partial charge < -0.3 is 20.4 Å². The van der Waals surface area contributed by atoms with E-state index >= 15 is 0 Å². The summed E-state index contributed by atoms with van der Waals surface area (Å²) in [5.41, 5.74) is 0.807. The Hall–Kier alpha value is -1.30. The molecule has 1 aromatic rings. The van der Waals surface area contributed by atoms with Crippen LogP contribution >= 0.6 is 11.6 Å². The predicted molar refractivity (Wildman–Crippen MR) is 80.1 cm³/mol. The minimum absolute atomic E-state index is 0.202. The molecule has 0 unspecified atom stereocenters. The molecule has 0 fully saturated rings. The summed E-state index contributed by atoms with van der Waals surface area (Å²) in [6, 6.07) is 5.01. The number of carbonyl (C=O) groups is 1. The number of aryl methyl sites for hydroxylation is 1. The van der Waals surface area contributed by atoms with Gasteiger partial charge in [0.25, 0.3) is 0 Å². The van der Waals surface area contributed by atoms with E-state index in [0.717, 1.165) is 5.56 Å². The van der Waals surface area contributed by atoms with Gasteiger partial charge >= 0.3 is 6.03 Å². The Morgan fingerprint density at radius 3 is 2.50 bits per heavy atom. The van der Waals surface area contributed by atoms with Crippen molar-refractivity contribution in [3.63, 3.8) is 0 Å². The molecule has 2 amide bonds. The highest BCUT2D eigenvalue weighted by Gasteiger charge is 2.26. The number of benzene rings is 1. The lowest BCUT2D eigenvalue weighted by molar-refractivity contribution is 0.0509. The average molecular weight is 301 g/mol. The lowest BCUT2D eigenvalue weighted by Gasteiger charge is -2.30. The van der Waals surface area contributed by atoms with Crippen molar-refractivity contribution in [1.82, 2.24) is 4.90 Å². The van der Waals surface area contributed by atoms with Crippen LogP contribution in [0.2, 0.25) is 5.02 Å². The molecule has 0 aliphatic heterocycles. The Morgan fingerprint density at radius 2 is 2.00 bits per heavy atom. The van der Waals surface area contributed by atoms with Gasteiger partial charge in [-0.05, 0) is 24.6 Å². The highest BCUT2D eigenvalue weighted by molar-refractivity contribution is 6.33. The third-order valence-corrected chi connectivity index (χ3v) is 3.41. The van der Waals surface area contributed by atoms with E-state index in [0.29, 0.717) is 10.7 Å². The fourth-order valence-corrected chi connectivity index (χ4v) is 2.01. The maximum Gasteiger partial charge on any atom is 0.321 e. The van der Waals surface area contributed by atoms with E-state index in [-0.39, 0.29) is 25.8 Å². The van der Waals surface area contributed by atoms with E-state index in [1.165, 1.54) is 4.90 Å². The van der Waals surface area contributed by atoms with Gasteiger partial charge in [-0.1, -0.05) is 24.6 Å². The van der Waals surface area contributed by atoms with Gasteiger partial charge in [0.05, 0.1) is 23.9 Å². The molecule has 20 heavy (non-hydrogen) atoms. The van der Waals surface area contributed by atoms with Gasteiger partial charge in [0.1, 0.15) is 0 Å². The Labute approximate surface area is 124 Å². The van der Waals surface area contributed by atoms with E-state index < -0.39 is 5.41 Å². The molecule has 0 spiro atoms. The van der Waals surface area contributed by atoms with Gasteiger partial charge in [-0.25, -0.2) is 4.79 Å². The average Bonchev–Trinajstić information content (AvgIpc) is 2.41. The molecular formula is C14H21ClN2O3. The fourth-order valence-electron chi connectivity index (χ4n) is 1.73. The number of nitrogens with zero attached hydrogens (tertiary/aromatic N) is 1. The molecule has 0 bridgehead atoms. The molecule has 5 nitrogen and oxygen atoms in total. The monoisotopic (exact) mass is 300 g/mol. The minimum atomic E-state index is -0.733. The first-order valence-electron chi connectivity index (χ1n) is 6.31. The van der Waals surface area contributed by atoms with E-state index in [1.807, 2.05) is 13.0 Å². The zero-order chi connectivity index (χ0) is 15.3. The molecule has 1 aromatic carbocycles. The summed E-state index contributed by atoms with van der Waals surface area (Å²) in [5.74, 6) is 0. The van der Waals surface area contributed by atoms with Crippen LogP contribution in [0.15, 0.2) is 18.2 Å². The molecule has 0 aromatic heterocycles.